The number of hydrogen-bond donors (Lipinski definition) is 0. The summed E-state index contributed by atoms with van der Waals surface area (Å²) in [7, 11) is -3.34. The van der Waals surface area contributed by atoms with Crippen LogP contribution in [0.5, 0.6) is 0 Å². The van der Waals surface area contributed by atoms with Gasteiger partial charge in [0.15, 0.2) is 0 Å². The van der Waals surface area contributed by atoms with Crippen molar-refractivity contribution in [2.45, 2.75) is 47.4 Å². The average Bonchev–Trinajstić information content (AvgIpc) is 2.83. The van der Waals surface area contributed by atoms with Crippen molar-refractivity contribution in [3.63, 3.8) is 0 Å². The lowest BCUT2D eigenvalue weighted by Crippen LogP contribution is -2.46. The van der Waals surface area contributed by atoms with Gasteiger partial charge in [-0.15, -0.1) is 22.9 Å². The Morgan fingerprint density at radius 3 is 2.39 bits per heavy atom. The van der Waals surface area contributed by atoms with Crippen molar-refractivity contribution in [2.24, 2.45) is 0 Å². The topological polar surface area (TPSA) is 37.4 Å². The van der Waals surface area contributed by atoms with Gasteiger partial charge in [-0.1, -0.05) is 0 Å². The van der Waals surface area contributed by atoms with E-state index in [0.717, 1.165) is 29.5 Å². The van der Waals surface area contributed by atoms with E-state index < -0.39 is 10.0 Å². The number of rotatable bonds is 2. The van der Waals surface area contributed by atoms with Gasteiger partial charge in [0, 0.05) is 17.5 Å². The molecule has 3 heterocycles. The Bertz CT molecular complexity index is 545. The first-order chi connectivity index (χ1) is 8.48. The van der Waals surface area contributed by atoms with Crippen LogP contribution in [0.15, 0.2) is 20.1 Å². The lowest BCUT2D eigenvalue weighted by atomic mass is 10.1. The summed E-state index contributed by atoms with van der Waals surface area (Å²) < 4.78 is 28.3. The number of thiophene rings is 1. The van der Waals surface area contributed by atoms with E-state index in [-0.39, 0.29) is 17.5 Å². The summed E-state index contributed by atoms with van der Waals surface area (Å²) in [5.41, 5.74) is 0. The first kappa shape index (κ1) is 13.4. The maximum Gasteiger partial charge on any atom is 0.253 e. The molecule has 0 saturated carbocycles. The lowest BCUT2D eigenvalue weighted by molar-refractivity contribution is 0.252. The SMILES string of the molecule is O=S(=O)(c1ccc(Br)s1)N1C2CCC1CC(Cl)C2. The molecule has 0 aromatic carbocycles. The third-order valence-electron chi connectivity index (χ3n) is 3.69. The Morgan fingerprint density at radius 1 is 1.28 bits per heavy atom. The van der Waals surface area contributed by atoms with Gasteiger partial charge >= 0.3 is 0 Å². The third kappa shape index (κ3) is 2.16. The normalized spacial score (nSPS) is 32.9. The van der Waals surface area contributed by atoms with E-state index in [1.165, 1.54) is 11.3 Å². The van der Waals surface area contributed by atoms with Crippen LogP contribution in [0.25, 0.3) is 0 Å². The Hall–Kier alpha value is 0.380. The molecule has 2 saturated heterocycles. The van der Waals surface area contributed by atoms with Crippen molar-refractivity contribution in [2.75, 3.05) is 0 Å². The molecular weight excluding hydrogens is 358 g/mol. The minimum Gasteiger partial charge on any atom is -0.206 e. The molecule has 2 fully saturated rings. The van der Waals surface area contributed by atoms with Crippen molar-refractivity contribution in [1.82, 2.24) is 4.31 Å². The first-order valence-electron chi connectivity index (χ1n) is 5.91. The van der Waals surface area contributed by atoms with E-state index in [1.54, 1.807) is 16.4 Å². The van der Waals surface area contributed by atoms with Crippen molar-refractivity contribution in [3.05, 3.63) is 15.9 Å². The van der Waals surface area contributed by atoms with Crippen LogP contribution in [0.3, 0.4) is 0 Å². The highest BCUT2D eigenvalue weighted by atomic mass is 79.9. The Labute approximate surface area is 124 Å². The second kappa shape index (κ2) is 4.74. The maximum atomic E-state index is 12.6. The number of fused-ring (bicyclic) bond motifs is 2. The summed E-state index contributed by atoms with van der Waals surface area (Å²) in [5, 5.41) is 0.129. The lowest BCUT2D eigenvalue weighted by Gasteiger charge is -2.35. The fraction of sp³-hybridized carbons (Fsp3) is 0.636. The minimum absolute atomic E-state index is 0.0946. The molecule has 3 nitrogen and oxygen atoms in total. The molecule has 3 rings (SSSR count). The summed E-state index contributed by atoms with van der Waals surface area (Å²) in [4.78, 5) is 0. The van der Waals surface area contributed by atoms with Gasteiger partial charge in [0.1, 0.15) is 4.21 Å². The molecule has 7 heteroatoms. The molecule has 2 atom stereocenters. The maximum absolute atomic E-state index is 12.6. The van der Waals surface area contributed by atoms with Gasteiger partial charge < -0.3 is 0 Å². The number of sulfonamides is 1. The van der Waals surface area contributed by atoms with Crippen molar-refractivity contribution >= 4 is 48.9 Å². The summed E-state index contributed by atoms with van der Waals surface area (Å²) >= 11 is 10.8. The summed E-state index contributed by atoms with van der Waals surface area (Å²) in [5.74, 6) is 0. The standard InChI is InChI=1S/C11H13BrClNO2S2/c12-10-3-4-11(17-10)18(15,16)14-8-1-2-9(14)6-7(13)5-8/h3-4,7-9H,1-2,5-6H2. The van der Waals surface area contributed by atoms with Crippen molar-refractivity contribution < 1.29 is 8.42 Å². The van der Waals surface area contributed by atoms with Crippen molar-refractivity contribution in [1.29, 1.82) is 0 Å². The largest absolute Gasteiger partial charge is 0.253 e. The molecule has 1 aromatic rings. The van der Waals surface area contributed by atoms with Crippen LogP contribution in [0.4, 0.5) is 0 Å². The molecule has 2 bridgehead atoms. The van der Waals surface area contributed by atoms with Crippen LogP contribution in [0.2, 0.25) is 0 Å². The van der Waals surface area contributed by atoms with E-state index in [1.807, 2.05) is 0 Å². The molecule has 18 heavy (non-hydrogen) atoms. The van der Waals surface area contributed by atoms with Gasteiger partial charge in [0.2, 0.25) is 0 Å². The second-order valence-corrected chi connectivity index (χ2v) is 10.00. The Balaban J connectivity index is 1.96. The van der Waals surface area contributed by atoms with Crippen LogP contribution < -0.4 is 0 Å². The minimum atomic E-state index is -3.34. The molecular formula is C11H13BrClNO2S2. The molecule has 0 aliphatic carbocycles. The molecule has 0 radical (unpaired) electrons. The summed E-state index contributed by atoms with van der Waals surface area (Å²) in [6.07, 6.45) is 3.45. The van der Waals surface area contributed by atoms with E-state index in [4.69, 9.17) is 11.6 Å². The van der Waals surface area contributed by atoms with Crippen LogP contribution >= 0.6 is 38.9 Å². The molecule has 2 aliphatic heterocycles. The number of piperidine rings is 1. The van der Waals surface area contributed by atoms with Gasteiger partial charge in [0.05, 0.1) is 3.79 Å². The highest BCUT2D eigenvalue weighted by Crippen LogP contribution is 2.42. The monoisotopic (exact) mass is 369 g/mol. The Kier molecular flexibility index (Phi) is 3.52. The molecule has 100 valence electrons. The van der Waals surface area contributed by atoms with E-state index in [2.05, 4.69) is 15.9 Å². The molecule has 0 spiro atoms. The molecule has 1 aromatic heterocycles. The van der Waals surface area contributed by atoms with E-state index >= 15 is 0 Å². The van der Waals surface area contributed by atoms with E-state index in [0.29, 0.717) is 4.21 Å². The zero-order chi connectivity index (χ0) is 12.9. The smallest absolute Gasteiger partial charge is 0.206 e. The number of nitrogens with zero attached hydrogens (tertiary/aromatic N) is 1. The van der Waals surface area contributed by atoms with Crippen LogP contribution in [0.1, 0.15) is 25.7 Å². The second-order valence-electron chi connectivity index (χ2n) is 4.85. The Morgan fingerprint density at radius 2 is 1.89 bits per heavy atom. The highest BCUT2D eigenvalue weighted by molar-refractivity contribution is 9.11. The van der Waals surface area contributed by atoms with Crippen molar-refractivity contribution in [3.8, 4) is 0 Å². The van der Waals surface area contributed by atoms with Gasteiger partial charge in [-0.3, -0.25) is 0 Å². The van der Waals surface area contributed by atoms with Crippen LogP contribution in [0, 0.1) is 0 Å². The fourth-order valence-corrected chi connectivity index (χ4v) is 7.42. The van der Waals surface area contributed by atoms with Gasteiger partial charge in [-0.2, -0.15) is 4.31 Å². The zero-order valence-corrected chi connectivity index (χ0v) is 13.5. The number of alkyl halides is 1. The van der Waals surface area contributed by atoms with Gasteiger partial charge in [-0.05, 0) is 53.7 Å². The predicted octanol–water partition coefficient (Wildman–Crippen LogP) is 3.43. The molecule has 2 aliphatic rings. The number of hydrogen-bond acceptors (Lipinski definition) is 3. The zero-order valence-electron chi connectivity index (χ0n) is 9.55. The van der Waals surface area contributed by atoms with Crippen LogP contribution in [-0.2, 0) is 10.0 Å². The van der Waals surface area contributed by atoms with Gasteiger partial charge in [-0.25, -0.2) is 8.42 Å². The van der Waals surface area contributed by atoms with Crippen LogP contribution in [-0.4, -0.2) is 30.2 Å². The third-order valence-corrected chi connectivity index (χ3v) is 8.14. The summed E-state index contributed by atoms with van der Waals surface area (Å²) in [6.45, 7) is 0. The fourth-order valence-electron chi connectivity index (χ4n) is 3.00. The average molecular weight is 371 g/mol. The number of halogens is 2. The molecule has 0 amide bonds. The predicted molar refractivity (Wildman–Crippen MR) is 76.7 cm³/mol. The molecule has 2 unspecified atom stereocenters. The quantitative estimate of drug-likeness (QED) is 0.748. The highest BCUT2D eigenvalue weighted by Gasteiger charge is 2.47. The van der Waals surface area contributed by atoms with E-state index in [9.17, 15) is 8.42 Å². The first-order valence-corrected chi connectivity index (χ1v) is 9.40. The molecule has 0 N–H and O–H groups in total. The van der Waals surface area contributed by atoms with Gasteiger partial charge in [0.25, 0.3) is 10.0 Å². The summed E-state index contributed by atoms with van der Waals surface area (Å²) in [6, 6.07) is 3.65.